The Balaban J connectivity index is 1.39. The van der Waals surface area contributed by atoms with E-state index in [1.54, 1.807) is 17.1 Å². The Bertz CT molecular complexity index is 1140. The van der Waals surface area contributed by atoms with Crippen molar-refractivity contribution in [2.75, 3.05) is 19.6 Å². The number of benzene rings is 2. The molecule has 2 heterocycles. The zero-order valence-electron chi connectivity index (χ0n) is 18.8. The number of carbonyl (C=O) groups is 1. The van der Waals surface area contributed by atoms with Crippen molar-refractivity contribution in [3.05, 3.63) is 88.0 Å². The first-order valence-electron chi connectivity index (χ1n) is 11.0. The number of halogens is 2. The van der Waals surface area contributed by atoms with Gasteiger partial charge in [-0.15, -0.1) is 0 Å². The molecule has 1 saturated heterocycles. The van der Waals surface area contributed by atoms with E-state index in [2.05, 4.69) is 22.0 Å². The molecule has 0 radical (unpaired) electrons. The molecule has 8 heteroatoms. The van der Waals surface area contributed by atoms with Gasteiger partial charge in [-0.3, -0.25) is 9.69 Å². The van der Waals surface area contributed by atoms with Gasteiger partial charge in [0.15, 0.2) is 0 Å². The number of hydrogen-bond donors (Lipinski definition) is 0. The molecule has 0 unspecified atom stereocenters. The molecule has 172 valence electrons. The largest absolute Gasteiger partial charge is 0.334 e. The van der Waals surface area contributed by atoms with Crippen molar-refractivity contribution in [2.24, 2.45) is 0 Å². The average Bonchev–Trinajstić information content (AvgIpc) is 3.19. The number of aromatic nitrogens is 3. The Morgan fingerprint density at radius 2 is 1.97 bits per heavy atom. The van der Waals surface area contributed by atoms with Crippen LogP contribution in [-0.2, 0) is 17.9 Å². The van der Waals surface area contributed by atoms with Crippen LogP contribution in [-0.4, -0.2) is 56.4 Å². The molecule has 1 amide bonds. The smallest absolute Gasteiger partial charge is 0.246 e. The van der Waals surface area contributed by atoms with Crippen LogP contribution in [0.25, 0.3) is 6.08 Å². The van der Waals surface area contributed by atoms with Gasteiger partial charge in [-0.2, -0.15) is 15.0 Å². The maximum absolute atomic E-state index is 13.1. The Labute approximate surface area is 198 Å². The van der Waals surface area contributed by atoms with Crippen LogP contribution in [0.5, 0.6) is 0 Å². The van der Waals surface area contributed by atoms with Gasteiger partial charge >= 0.3 is 0 Å². The second-order valence-electron chi connectivity index (χ2n) is 8.44. The van der Waals surface area contributed by atoms with Crippen LogP contribution in [0.3, 0.4) is 0 Å². The average molecular weight is 468 g/mol. The molecule has 0 spiro atoms. The lowest BCUT2D eigenvalue weighted by molar-refractivity contribution is -0.130. The predicted octanol–water partition coefficient (Wildman–Crippen LogP) is 4.17. The van der Waals surface area contributed by atoms with Gasteiger partial charge in [0, 0.05) is 43.3 Å². The summed E-state index contributed by atoms with van der Waals surface area (Å²) in [5.74, 6) is -0.243. The highest BCUT2D eigenvalue weighted by Crippen LogP contribution is 2.20. The van der Waals surface area contributed by atoms with Crippen LogP contribution in [0, 0.1) is 12.7 Å². The topological polar surface area (TPSA) is 54.3 Å². The molecule has 3 aromatic rings. The lowest BCUT2D eigenvalue weighted by atomic mass is 10.1. The molecule has 6 nitrogen and oxygen atoms in total. The summed E-state index contributed by atoms with van der Waals surface area (Å²) in [4.78, 5) is 18.7. The first-order chi connectivity index (χ1) is 15.9. The van der Waals surface area contributed by atoms with Crippen LogP contribution in [0.15, 0.2) is 54.7 Å². The number of amides is 1. The summed E-state index contributed by atoms with van der Waals surface area (Å²) in [5, 5.41) is 9.21. The summed E-state index contributed by atoms with van der Waals surface area (Å²) in [7, 11) is 0. The normalized spacial score (nSPS) is 17.1. The van der Waals surface area contributed by atoms with E-state index in [0.29, 0.717) is 18.1 Å². The Morgan fingerprint density at radius 1 is 1.18 bits per heavy atom. The highest BCUT2D eigenvalue weighted by molar-refractivity contribution is 6.30. The van der Waals surface area contributed by atoms with Crippen LogP contribution in [0.4, 0.5) is 4.39 Å². The van der Waals surface area contributed by atoms with Crippen LogP contribution < -0.4 is 0 Å². The van der Waals surface area contributed by atoms with Crippen molar-refractivity contribution in [2.45, 2.75) is 33.0 Å². The van der Waals surface area contributed by atoms with E-state index in [1.165, 1.54) is 12.1 Å². The van der Waals surface area contributed by atoms with E-state index < -0.39 is 0 Å². The monoisotopic (exact) mass is 467 g/mol. The summed E-state index contributed by atoms with van der Waals surface area (Å²) >= 11 is 6.20. The SMILES string of the molecule is Cc1cnn(Cc2cc(Cl)ccc2/C=C/C(=O)N2CCN(Cc3ccc(F)cc3)C[C@H]2C)n1. The molecule has 1 aliphatic rings. The summed E-state index contributed by atoms with van der Waals surface area (Å²) < 4.78 is 13.1. The van der Waals surface area contributed by atoms with Crippen molar-refractivity contribution in [1.82, 2.24) is 24.8 Å². The fourth-order valence-corrected chi connectivity index (χ4v) is 4.29. The van der Waals surface area contributed by atoms with Gasteiger partial charge in [-0.05, 0) is 60.9 Å². The first kappa shape index (κ1) is 23.1. The van der Waals surface area contributed by atoms with E-state index in [4.69, 9.17) is 11.6 Å². The molecule has 0 saturated carbocycles. The summed E-state index contributed by atoms with van der Waals surface area (Å²) in [5.41, 5.74) is 3.77. The van der Waals surface area contributed by atoms with E-state index in [0.717, 1.165) is 42.0 Å². The number of rotatable bonds is 6. The number of hydrogen-bond acceptors (Lipinski definition) is 4. The van der Waals surface area contributed by atoms with Crippen molar-refractivity contribution in [1.29, 1.82) is 0 Å². The molecular formula is C25H27ClFN5O. The molecular weight excluding hydrogens is 441 g/mol. The van der Waals surface area contributed by atoms with Crippen LogP contribution in [0.2, 0.25) is 5.02 Å². The number of piperazine rings is 1. The Hall–Kier alpha value is -3.03. The van der Waals surface area contributed by atoms with Gasteiger partial charge in [-0.25, -0.2) is 4.39 Å². The zero-order valence-corrected chi connectivity index (χ0v) is 19.5. The molecule has 4 rings (SSSR count). The van der Waals surface area contributed by atoms with E-state index in [1.807, 2.05) is 48.2 Å². The number of aryl methyl sites for hydroxylation is 1. The van der Waals surface area contributed by atoms with Gasteiger partial charge in [0.25, 0.3) is 0 Å². The minimum absolute atomic E-state index is 0.0158. The molecule has 2 aromatic carbocycles. The molecule has 0 N–H and O–H groups in total. The molecule has 1 aliphatic heterocycles. The van der Waals surface area contributed by atoms with Gasteiger partial charge in [0.1, 0.15) is 5.82 Å². The fourth-order valence-electron chi connectivity index (χ4n) is 4.10. The van der Waals surface area contributed by atoms with E-state index >= 15 is 0 Å². The third-order valence-corrected chi connectivity index (χ3v) is 6.02. The van der Waals surface area contributed by atoms with Crippen molar-refractivity contribution in [3.8, 4) is 0 Å². The maximum Gasteiger partial charge on any atom is 0.246 e. The first-order valence-corrected chi connectivity index (χ1v) is 11.4. The quantitative estimate of drug-likeness (QED) is 0.510. The van der Waals surface area contributed by atoms with Crippen LogP contribution in [0.1, 0.15) is 29.3 Å². The molecule has 1 aromatic heterocycles. The predicted molar refractivity (Wildman–Crippen MR) is 127 cm³/mol. The third-order valence-electron chi connectivity index (χ3n) is 5.79. The number of nitrogens with zero attached hydrogens (tertiary/aromatic N) is 5. The maximum atomic E-state index is 13.1. The lowest BCUT2D eigenvalue weighted by Gasteiger charge is -2.39. The molecule has 1 atom stereocenters. The van der Waals surface area contributed by atoms with Crippen LogP contribution >= 0.6 is 11.6 Å². The molecule has 0 bridgehead atoms. The standard InChI is InChI=1S/C25H27ClFN5O/c1-18-14-28-32(29-18)17-22-13-23(26)7-5-21(22)6-10-25(33)31-12-11-30(15-19(31)2)16-20-3-8-24(27)9-4-20/h3-10,13-14,19H,11-12,15-17H2,1-2H3/b10-6+/t19-/m1/s1. The summed E-state index contributed by atoms with van der Waals surface area (Å²) in [6.07, 6.45) is 5.17. The van der Waals surface area contributed by atoms with Gasteiger partial charge in [-0.1, -0.05) is 29.8 Å². The Kier molecular flexibility index (Phi) is 7.20. The van der Waals surface area contributed by atoms with Gasteiger partial charge in [0.2, 0.25) is 5.91 Å². The minimum atomic E-state index is -0.228. The molecule has 1 fully saturated rings. The van der Waals surface area contributed by atoms with Gasteiger partial charge in [0.05, 0.1) is 18.4 Å². The van der Waals surface area contributed by atoms with Crippen molar-refractivity contribution in [3.63, 3.8) is 0 Å². The van der Waals surface area contributed by atoms with E-state index in [-0.39, 0.29) is 17.8 Å². The number of carbonyl (C=O) groups excluding carboxylic acids is 1. The second kappa shape index (κ2) is 10.3. The second-order valence-corrected chi connectivity index (χ2v) is 8.87. The lowest BCUT2D eigenvalue weighted by Crippen LogP contribution is -2.53. The fraction of sp³-hybridized carbons (Fsp3) is 0.320. The third kappa shape index (κ3) is 6.06. The molecule has 33 heavy (non-hydrogen) atoms. The van der Waals surface area contributed by atoms with E-state index in [9.17, 15) is 9.18 Å². The Morgan fingerprint density at radius 3 is 2.67 bits per heavy atom. The highest BCUT2D eigenvalue weighted by atomic mass is 35.5. The zero-order chi connectivity index (χ0) is 23.4. The van der Waals surface area contributed by atoms with Gasteiger partial charge < -0.3 is 4.90 Å². The summed E-state index contributed by atoms with van der Waals surface area (Å²) in [6, 6.07) is 12.3. The summed E-state index contributed by atoms with van der Waals surface area (Å²) in [6.45, 7) is 7.36. The highest BCUT2D eigenvalue weighted by Gasteiger charge is 2.26. The van der Waals surface area contributed by atoms with Crippen molar-refractivity contribution < 1.29 is 9.18 Å². The minimum Gasteiger partial charge on any atom is -0.334 e. The van der Waals surface area contributed by atoms with Crippen molar-refractivity contribution >= 4 is 23.6 Å². The molecule has 0 aliphatic carbocycles.